The van der Waals surface area contributed by atoms with Crippen LogP contribution in [0.1, 0.15) is 28.4 Å². The summed E-state index contributed by atoms with van der Waals surface area (Å²) >= 11 is 0. The van der Waals surface area contributed by atoms with Crippen molar-refractivity contribution in [1.82, 2.24) is 0 Å². The van der Waals surface area contributed by atoms with Crippen molar-refractivity contribution in [3.05, 3.63) is 70.5 Å². The average Bonchev–Trinajstić information content (AvgIpc) is 2.32. The first-order valence-electron chi connectivity index (χ1n) is 6.07. The molecule has 0 aliphatic carbocycles. The Labute approximate surface area is 107 Å². The first kappa shape index (κ1) is 12.8. The van der Waals surface area contributed by atoms with Crippen LogP contribution in [-0.2, 0) is 6.42 Å². The van der Waals surface area contributed by atoms with Gasteiger partial charge >= 0.3 is 0 Å². The lowest BCUT2D eigenvalue weighted by molar-refractivity contribution is 0.175. The second-order valence-electron chi connectivity index (χ2n) is 4.62. The molecule has 2 heteroatoms. The van der Waals surface area contributed by atoms with E-state index in [0.29, 0.717) is 12.0 Å². The van der Waals surface area contributed by atoms with E-state index < -0.39 is 6.10 Å². The first-order valence-corrected chi connectivity index (χ1v) is 6.07. The normalized spacial score (nSPS) is 12.4. The fourth-order valence-corrected chi connectivity index (χ4v) is 2.33. The van der Waals surface area contributed by atoms with Crippen molar-refractivity contribution in [2.45, 2.75) is 26.4 Å². The molecule has 0 fully saturated rings. The average molecular weight is 244 g/mol. The smallest absolute Gasteiger partial charge is 0.126 e. The number of halogens is 1. The Bertz CT molecular complexity index is 528. The van der Waals surface area contributed by atoms with Crippen molar-refractivity contribution >= 4 is 0 Å². The van der Waals surface area contributed by atoms with Crippen LogP contribution in [0.4, 0.5) is 4.39 Å². The van der Waals surface area contributed by atoms with Gasteiger partial charge < -0.3 is 5.11 Å². The molecule has 94 valence electrons. The Balaban J connectivity index is 2.28. The van der Waals surface area contributed by atoms with Gasteiger partial charge in [0.05, 0.1) is 6.10 Å². The van der Waals surface area contributed by atoms with E-state index in [1.165, 1.54) is 6.07 Å². The van der Waals surface area contributed by atoms with Gasteiger partial charge in [0.25, 0.3) is 0 Å². The summed E-state index contributed by atoms with van der Waals surface area (Å²) in [6, 6.07) is 12.5. The lowest BCUT2D eigenvalue weighted by atomic mass is 9.94. The molecule has 0 aliphatic heterocycles. The zero-order chi connectivity index (χ0) is 13.1. The summed E-state index contributed by atoms with van der Waals surface area (Å²) < 4.78 is 13.6. The Morgan fingerprint density at radius 3 is 2.22 bits per heavy atom. The topological polar surface area (TPSA) is 20.2 Å². The van der Waals surface area contributed by atoms with Gasteiger partial charge in [-0.05, 0) is 42.2 Å². The summed E-state index contributed by atoms with van der Waals surface area (Å²) in [6.45, 7) is 3.93. The minimum Gasteiger partial charge on any atom is -0.388 e. The van der Waals surface area contributed by atoms with Crippen molar-refractivity contribution in [2.24, 2.45) is 0 Å². The molecule has 1 N–H and O–H groups in total. The van der Waals surface area contributed by atoms with E-state index in [9.17, 15) is 9.50 Å². The van der Waals surface area contributed by atoms with E-state index in [-0.39, 0.29) is 5.82 Å². The van der Waals surface area contributed by atoms with Crippen molar-refractivity contribution in [2.75, 3.05) is 0 Å². The van der Waals surface area contributed by atoms with Crippen LogP contribution in [0.15, 0.2) is 42.5 Å². The number of aliphatic hydroxyl groups excluding tert-OH is 1. The Hall–Kier alpha value is -1.67. The minimum atomic E-state index is -0.664. The largest absolute Gasteiger partial charge is 0.388 e. The van der Waals surface area contributed by atoms with E-state index in [4.69, 9.17) is 0 Å². The predicted octanol–water partition coefficient (Wildman–Crippen LogP) is 3.72. The quantitative estimate of drug-likeness (QED) is 0.872. The number of benzene rings is 2. The summed E-state index contributed by atoms with van der Waals surface area (Å²) in [7, 11) is 0. The highest BCUT2D eigenvalue weighted by molar-refractivity contribution is 5.36. The lowest BCUT2D eigenvalue weighted by Gasteiger charge is -2.16. The molecule has 0 aromatic heterocycles. The van der Waals surface area contributed by atoms with Crippen LogP contribution in [0.3, 0.4) is 0 Å². The number of rotatable bonds is 3. The monoisotopic (exact) mass is 244 g/mol. The molecule has 2 aromatic carbocycles. The van der Waals surface area contributed by atoms with Crippen LogP contribution >= 0.6 is 0 Å². The maximum atomic E-state index is 13.6. The highest BCUT2D eigenvalue weighted by Crippen LogP contribution is 2.25. The van der Waals surface area contributed by atoms with Crippen LogP contribution in [0, 0.1) is 19.7 Å². The number of hydrogen-bond donors (Lipinski definition) is 1. The maximum Gasteiger partial charge on any atom is 0.126 e. The summed E-state index contributed by atoms with van der Waals surface area (Å²) in [4.78, 5) is 0. The second-order valence-corrected chi connectivity index (χ2v) is 4.62. The third kappa shape index (κ3) is 2.59. The Morgan fingerprint density at radius 2 is 1.61 bits per heavy atom. The molecular weight excluding hydrogens is 227 g/mol. The molecule has 0 saturated heterocycles. The number of aryl methyl sites for hydroxylation is 2. The first-order chi connectivity index (χ1) is 8.59. The molecule has 0 aliphatic rings. The van der Waals surface area contributed by atoms with Crippen LogP contribution in [0.2, 0.25) is 0 Å². The van der Waals surface area contributed by atoms with Gasteiger partial charge in [-0.3, -0.25) is 0 Å². The van der Waals surface area contributed by atoms with Crippen molar-refractivity contribution < 1.29 is 9.50 Å². The van der Waals surface area contributed by atoms with Gasteiger partial charge in [-0.25, -0.2) is 4.39 Å². The maximum absolute atomic E-state index is 13.6. The van der Waals surface area contributed by atoms with Crippen LogP contribution < -0.4 is 0 Å². The van der Waals surface area contributed by atoms with Crippen molar-refractivity contribution in [3.63, 3.8) is 0 Å². The summed E-state index contributed by atoms with van der Waals surface area (Å²) in [5, 5.41) is 10.3. The van der Waals surface area contributed by atoms with Gasteiger partial charge in [-0.15, -0.1) is 0 Å². The fraction of sp³-hybridized carbons (Fsp3) is 0.250. The minimum absolute atomic E-state index is 0.261. The summed E-state index contributed by atoms with van der Waals surface area (Å²) in [5.41, 5.74) is 3.53. The summed E-state index contributed by atoms with van der Waals surface area (Å²) in [6.07, 6.45) is -0.360. The predicted molar refractivity (Wildman–Crippen MR) is 71.0 cm³/mol. The molecule has 1 atom stereocenters. The van der Waals surface area contributed by atoms with E-state index in [1.807, 2.05) is 32.0 Å². The molecule has 0 radical (unpaired) electrons. The highest BCUT2D eigenvalue weighted by Gasteiger charge is 2.15. The summed E-state index contributed by atoms with van der Waals surface area (Å²) in [5.74, 6) is -0.261. The lowest BCUT2D eigenvalue weighted by Crippen LogP contribution is -2.07. The molecule has 0 bridgehead atoms. The number of hydrogen-bond acceptors (Lipinski definition) is 1. The van der Waals surface area contributed by atoms with Gasteiger partial charge in [-0.1, -0.05) is 36.4 Å². The molecule has 1 unspecified atom stereocenters. The molecule has 0 spiro atoms. The van der Waals surface area contributed by atoms with E-state index in [1.54, 1.807) is 18.2 Å². The molecule has 0 amide bonds. The van der Waals surface area contributed by atoms with E-state index >= 15 is 0 Å². The number of aliphatic hydroxyl groups is 1. The van der Waals surface area contributed by atoms with Gasteiger partial charge in [0.2, 0.25) is 0 Å². The zero-order valence-electron chi connectivity index (χ0n) is 10.7. The van der Waals surface area contributed by atoms with Gasteiger partial charge in [0.1, 0.15) is 5.82 Å². The SMILES string of the molecule is Cc1cccc(C)c1C(O)Cc1ccccc1F. The Morgan fingerprint density at radius 1 is 1.00 bits per heavy atom. The van der Waals surface area contributed by atoms with Gasteiger partial charge in [0, 0.05) is 6.42 Å². The third-order valence-corrected chi connectivity index (χ3v) is 3.25. The molecule has 18 heavy (non-hydrogen) atoms. The van der Waals surface area contributed by atoms with Crippen LogP contribution in [0.25, 0.3) is 0 Å². The van der Waals surface area contributed by atoms with Crippen LogP contribution in [-0.4, -0.2) is 5.11 Å². The molecule has 0 heterocycles. The van der Waals surface area contributed by atoms with Gasteiger partial charge in [0.15, 0.2) is 0 Å². The van der Waals surface area contributed by atoms with Crippen molar-refractivity contribution in [1.29, 1.82) is 0 Å². The van der Waals surface area contributed by atoms with Crippen molar-refractivity contribution in [3.8, 4) is 0 Å². The molecular formula is C16H17FO. The van der Waals surface area contributed by atoms with Crippen LogP contribution in [0.5, 0.6) is 0 Å². The zero-order valence-corrected chi connectivity index (χ0v) is 10.7. The second kappa shape index (κ2) is 5.32. The molecule has 1 nitrogen and oxygen atoms in total. The standard InChI is InChI=1S/C16H17FO/c1-11-6-5-7-12(2)16(11)15(18)10-13-8-3-4-9-14(13)17/h3-9,15,18H,10H2,1-2H3. The third-order valence-electron chi connectivity index (χ3n) is 3.25. The fourth-order valence-electron chi connectivity index (χ4n) is 2.33. The molecule has 0 saturated carbocycles. The Kier molecular flexibility index (Phi) is 3.78. The highest BCUT2D eigenvalue weighted by atomic mass is 19.1. The van der Waals surface area contributed by atoms with E-state index in [0.717, 1.165) is 16.7 Å². The van der Waals surface area contributed by atoms with Gasteiger partial charge in [-0.2, -0.15) is 0 Å². The molecule has 2 rings (SSSR count). The van der Waals surface area contributed by atoms with E-state index in [2.05, 4.69) is 0 Å². The molecule has 2 aromatic rings.